The molecule has 0 saturated carbocycles. The minimum Gasteiger partial charge on any atom is -0.480 e. The number of carbonyl (C=O) groups excluding carboxylic acids is 1. The number of hydrogen-bond donors (Lipinski definition) is 1. The maximum atomic E-state index is 12.8. The van der Waals surface area contributed by atoms with Crippen LogP contribution < -0.4 is 0 Å². The van der Waals surface area contributed by atoms with E-state index in [-0.39, 0.29) is 31.6 Å². The molecule has 1 N–H and O–H groups in total. The molecule has 0 fully saturated rings. The summed E-state index contributed by atoms with van der Waals surface area (Å²) in [6, 6.07) is 15.1. The zero-order chi connectivity index (χ0) is 21.7. The molecule has 1 aliphatic carbocycles. The second-order valence-electron chi connectivity index (χ2n) is 7.88. The molecule has 0 unspecified atom stereocenters. The Hall–Kier alpha value is -2.86. The number of carboxylic acid groups (broad SMARTS) is 1. The van der Waals surface area contributed by atoms with Crippen molar-refractivity contribution >= 4 is 12.1 Å². The summed E-state index contributed by atoms with van der Waals surface area (Å²) in [5.41, 5.74) is 4.52. The van der Waals surface area contributed by atoms with E-state index < -0.39 is 18.1 Å². The minimum atomic E-state index is -1.10. The van der Waals surface area contributed by atoms with Crippen molar-refractivity contribution < 1.29 is 24.2 Å². The molecule has 1 amide bonds. The molecular weight excluding hydrogens is 382 g/mol. The van der Waals surface area contributed by atoms with Crippen molar-refractivity contribution in [2.24, 2.45) is 5.92 Å². The Morgan fingerprint density at radius 3 is 2.07 bits per heavy atom. The van der Waals surface area contributed by atoms with Gasteiger partial charge in [0.15, 0.2) is 6.04 Å². The third kappa shape index (κ3) is 4.65. The molecule has 2 aromatic rings. The van der Waals surface area contributed by atoms with E-state index in [1.165, 1.54) is 4.90 Å². The average molecular weight is 411 g/mol. The lowest BCUT2D eigenvalue weighted by Gasteiger charge is -2.28. The first kappa shape index (κ1) is 21.8. The molecule has 2 aromatic carbocycles. The van der Waals surface area contributed by atoms with Crippen molar-refractivity contribution in [1.29, 1.82) is 0 Å². The molecule has 0 spiro atoms. The Morgan fingerprint density at radius 1 is 1.00 bits per heavy atom. The van der Waals surface area contributed by atoms with Crippen molar-refractivity contribution in [3.8, 4) is 11.1 Å². The highest BCUT2D eigenvalue weighted by atomic mass is 16.6. The monoisotopic (exact) mass is 411 g/mol. The van der Waals surface area contributed by atoms with Crippen LogP contribution in [0.3, 0.4) is 0 Å². The van der Waals surface area contributed by atoms with E-state index in [1.54, 1.807) is 6.92 Å². The van der Waals surface area contributed by atoms with Gasteiger partial charge in [0.25, 0.3) is 0 Å². The van der Waals surface area contributed by atoms with Gasteiger partial charge in [-0.1, -0.05) is 62.4 Å². The Morgan fingerprint density at radius 2 is 1.57 bits per heavy atom. The number of carboxylic acids is 1. The Kier molecular flexibility index (Phi) is 7.11. The molecule has 0 aliphatic heterocycles. The molecule has 0 bridgehead atoms. The number of ether oxygens (including phenoxy) is 2. The Labute approximate surface area is 177 Å². The molecule has 0 radical (unpaired) electrons. The summed E-state index contributed by atoms with van der Waals surface area (Å²) >= 11 is 0. The number of rotatable bonds is 9. The van der Waals surface area contributed by atoms with Crippen LogP contribution in [0.25, 0.3) is 11.1 Å². The van der Waals surface area contributed by atoms with E-state index in [4.69, 9.17) is 9.47 Å². The van der Waals surface area contributed by atoms with Crippen LogP contribution in [-0.2, 0) is 14.3 Å². The zero-order valence-electron chi connectivity index (χ0n) is 17.7. The quantitative estimate of drug-likeness (QED) is 0.663. The summed E-state index contributed by atoms with van der Waals surface area (Å²) in [6.45, 7) is 6.45. The SMILES string of the molecule is CCN(C(=O)OCC1c2ccccc2-c2ccccc21)[C@@H](COCC(C)C)C(=O)O. The largest absolute Gasteiger partial charge is 0.480 e. The van der Waals surface area contributed by atoms with Gasteiger partial charge in [0.1, 0.15) is 6.61 Å². The summed E-state index contributed by atoms with van der Waals surface area (Å²) in [5.74, 6) is -0.890. The molecule has 1 atom stereocenters. The van der Waals surface area contributed by atoms with Crippen LogP contribution in [0, 0.1) is 5.92 Å². The van der Waals surface area contributed by atoms with Crippen molar-refractivity contribution in [3.05, 3.63) is 59.7 Å². The number of carbonyl (C=O) groups is 2. The highest BCUT2D eigenvalue weighted by Gasteiger charge is 2.33. The molecule has 0 aromatic heterocycles. The van der Waals surface area contributed by atoms with E-state index in [9.17, 15) is 14.7 Å². The summed E-state index contributed by atoms with van der Waals surface area (Å²) in [4.78, 5) is 25.7. The smallest absolute Gasteiger partial charge is 0.410 e. The highest BCUT2D eigenvalue weighted by molar-refractivity contribution is 5.81. The standard InChI is InChI=1S/C24H29NO5/c1-4-25(22(23(26)27)15-29-13-16(2)3)24(28)30-14-21-19-11-7-5-9-17(19)18-10-6-8-12-20(18)21/h5-12,16,21-22H,4,13-15H2,1-3H3,(H,26,27)/t22-/m0/s1. The van der Waals surface area contributed by atoms with Crippen LogP contribution in [0.15, 0.2) is 48.5 Å². The van der Waals surface area contributed by atoms with Crippen LogP contribution in [0.5, 0.6) is 0 Å². The number of likely N-dealkylation sites (N-methyl/N-ethyl adjacent to an activating group) is 1. The fourth-order valence-electron chi connectivity index (χ4n) is 3.86. The van der Waals surface area contributed by atoms with Gasteiger partial charge in [0.05, 0.1) is 6.61 Å². The van der Waals surface area contributed by atoms with Crippen LogP contribution in [0.1, 0.15) is 37.8 Å². The maximum absolute atomic E-state index is 12.8. The minimum absolute atomic E-state index is 0.0639. The van der Waals surface area contributed by atoms with Gasteiger partial charge in [-0.3, -0.25) is 4.90 Å². The van der Waals surface area contributed by atoms with Gasteiger partial charge in [-0.25, -0.2) is 9.59 Å². The molecular formula is C24H29NO5. The summed E-state index contributed by atoms with van der Waals surface area (Å²) in [6.07, 6.45) is -0.639. The molecule has 0 heterocycles. The number of nitrogens with zero attached hydrogens (tertiary/aromatic N) is 1. The lowest BCUT2D eigenvalue weighted by Crippen LogP contribution is -2.48. The number of amides is 1. The van der Waals surface area contributed by atoms with Crippen molar-refractivity contribution in [2.75, 3.05) is 26.4 Å². The molecule has 3 rings (SSSR count). The molecule has 6 heteroatoms. The number of aliphatic carboxylic acids is 1. The lowest BCUT2D eigenvalue weighted by molar-refractivity contribution is -0.145. The zero-order valence-corrected chi connectivity index (χ0v) is 17.7. The van der Waals surface area contributed by atoms with Crippen molar-refractivity contribution in [2.45, 2.75) is 32.7 Å². The van der Waals surface area contributed by atoms with Crippen LogP contribution in [0.4, 0.5) is 4.79 Å². The topological polar surface area (TPSA) is 76.1 Å². The predicted octanol–water partition coefficient (Wildman–Crippen LogP) is 4.38. The third-order valence-electron chi connectivity index (χ3n) is 5.30. The molecule has 0 saturated heterocycles. The molecule has 30 heavy (non-hydrogen) atoms. The van der Waals surface area contributed by atoms with Gasteiger partial charge in [-0.15, -0.1) is 0 Å². The van der Waals surface area contributed by atoms with Gasteiger partial charge in [0, 0.05) is 19.1 Å². The second kappa shape index (κ2) is 9.76. The fraction of sp³-hybridized carbons (Fsp3) is 0.417. The van der Waals surface area contributed by atoms with Crippen LogP contribution >= 0.6 is 0 Å². The first-order valence-corrected chi connectivity index (χ1v) is 10.4. The lowest BCUT2D eigenvalue weighted by atomic mass is 9.98. The molecule has 160 valence electrons. The second-order valence-corrected chi connectivity index (χ2v) is 7.88. The van der Waals surface area contributed by atoms with E-state index in [0.717, 1.165) is 22.3 Å². The highest BCUT2D eigenvalue weighted by Crippen LogP contribution is 2.44. The van der Waals surface area contributed by atoms with Crippen molar-refractivity contribution in [3.63, 3.8) is 0 Å². The van der Waals surface area contributed by atoms with Gasteiger partial charge in [-0.05, 0) is 35.1 Å². The first-order valence-electron chi connectivity index (χ1n) is 10.4. The fourth-order valence-corrected chi connectivity index (χ4v) is 3.86. The number of fused-ring (bicyclic) bond motifs is 3. The van der Waals surface area contributed by atoms with Gasteiger partial charge in [0.2, 0.25) is 0 Å². The van der Waals surface area contributed by atoms with Gasteiger partial charge >= 0.3 is 12.1 Å². The van der Waals surface area contributed by atoms with E-state index in [2.05, 4.69) is 12.1 Å². The van der Waals surface area contributed by atoms with E-state index in [0.29, 0.717) is 6.61 Å². The third-order valence-corrected chi connectivity index (χ3v) is 5.30. The number of hydrogen-bond acceptors (Lipinski definition) is 4. The van der Waals surface area contributed by atoms with E-state index >= 15 is 0 Å². The molecule has 6 nitrogen and oxygen atoms in total. The van der Waals surface area contributed by atoms with Crippen molar-refractivity contribution in [1.82, 2.24) is 4.90 Å². The average Bonchev–Trinajstić information content (AvgIpc) is 3.05. The maximum Gasteiger partial charge on any atom is 0.410 e. The predicted molar refractivity (Wildman–Crippen MR) is 115 cm³/mol. The van der Waals surface area contributed by atoms with E-state index in [1.807, 2.05) is 50.2 Å². The first-order chi connectivity index (χ1) is 14.4. The Balaban J connectivity index is 1.71. The summed E-state index contributed by atoms with van der Waals surface area (Å²) < 4.78 is 11.1. The normalized spacial score (nSPS) is 13.6. The number of benzene rings is 2. The van der Waals surface area contributed by atoms with Crippen LogP contribution in [0.2, 0.25) is 0 Å². The molecule has 1 aliphatic rings. The van der Waals surface area contributed by atoms with Crippen LogP contribution in [-0.4, -0.2) is 54.5 Å². The Bertz CT molecular complexity index is 849. The van der Waals surface area contributed by atoms with Gasteiger partial charge < -0.3 is 14.6 Å². The van der Waals surface area contributed by atoms with Gasteiger partial charge in [-0.2, -0.15) is 0 Å². The summed E-state index contributed by atoms with van der Waals surface area (Å²) in [7, 11) is 0. The summed E-state index contributed by atoms with van der Waals surface area (Å²) in [5, 5.41) is 9.60.